The number of thioether (sulfide) groups is 1. The largest absolute Gasteiger partial charge is 0.324 e. The second-order valence-electron chi connectivity index (χ2n) is 4.93. The molecule has 21 heavy (non-hydrogen) atoms. The number of hydrogen-bond donors (Lipinski definition) is 1. The Morgan fingerprint density at radius 2 is 2.05 bits per heavy atom. The fourth-order valence-corrected chi connectivity index (χ4v) is 3.52. The first-order chi connectivity index (χ1) is 10.1. The van der Waals surface area contributed by atoms with Crippen LogP contribution in [-0.4, -0.2) is 16.0 Å². The van der Waals surface area contributed by atoms with Crippen LogP contribution in [0.1, 0.15) is 36.8 Å². The van der Waals surface area contributed by atoms with Gasteiger partial charge in [0, 0.05) is 23.9 Å². The third kappa shape index (κ3) is 3.44. The van der Waals surface area contributed by atoms with Crippen LogP contribution in [0.2, 0.25) is 5.02 Å². The number of nitrogens with two attached hydrogens (primary N) is 1. The molecule has 0 aliphatic heterocycles. The van der Waals surface area contributed by atoms with E-state index in [0.29, 0.717) is 6.42 Å². The molecule has 1 aromatic carbocycles. The molecule has 0 aliphatic rings. The van der Waals surface area contributed by atoms with Crippen LogP contribution in [-0.2, 0) is 19.4 Å². The molecule has 0 bridgehead atoms. The summed E-state index contributed by atoms with van der Waals surface area (Å²) < 4.78 is 1.97. The third-order valence-corrected chi connectivity index (χ3v) is 4.89. The fraction of sp³-hybridized carbons (Fsp3) is 0.438. The third-order valence-electron chi connectivity index (χ3n) is 3.65. The van der Waals surface area contributed by atoms with E-state index < -0.39 is 0 Å². The Kier molecular flexibility index (Phi) is 5.73. The topological polar surface area (TPSA) is 43.8 Å². The van der Waals surface area contributed by atoms with Crippen LogP contribution < -0.4 is 5.73 Å². The summed E-state index contributed by atoms with van der Waals surface area (Å²) in [6.07, 6.45) is 3.62. The van der Waals surface area contributed by atoms with Gasteiger partial charge in [-0.1, -0.05) is 36.7 Å². The van der Waals surface area contributed by atoms with Crippen molar-refractivity contribution in [1.82, 2.24) is 9.78 Å². The molecule has 1 heterocycles. The summed E-state index contributed by atoms with van der Waals surface area (Å²) >= 11 is 8.19. The highest BCUT2D eigenvalue weighted by atomic mass is 35.5. The standard InChI is InChI=1S/C16H22ClN3S/c1-4-13-16(17)14(20(5-2)19-13)10-12(18)11-8-6-7-9-15(11)21-3/h6-9,12H,4-5,10,18H2,1-3H3. The number of halogens is 1. The molecule has 1 unspecified atom stereocenters. The van der Waals surface area contributed by atoms with Crippen molar-refractivity contribution in [3.8, 4) is 0 Å². The van der Waals surface area contributed by atoms with Crippen molar-refractivity contribution < 1.29 is 0 Å². The summed E-state index contributed by atoms with van der Waals surface area (Å²) in [5.74, 6) is 0. The molecule has 0 fully saturated rings. The van der Waals surface area contributed by atoms with Gasteiger partial charge in [0.15, 0.2) is 0 Å². The quantitative estimate of drug-likeness (QED) is 0.814. The van der Waals surface area contributed by atoms with Gasteiger partial charge in [0.1, 0.15) is 0 Å². The van der Waals surface area contributed by atoms with Crippen LogP contribution in [0.25, 0.3) is 0 Å². The van der Waals surface area contributed by atoms with Crippen molar-refractivity contribution in [2.45, 2.75) is 44.2 Å². The van der Waals surface area contributed by atoms with E-state index >= 15 is 0 Å². The Morgan fingerprint density at radius 3 is 2.67 bits per heavy atom. The van der Waals surface area contributed by atoms with Gasteiger partial charge in [0.2, 0.25) is 0 Å². The number of hydrogen-bond acceptors (Lipinski definition) is 3. The predicted molar refractivity (Wildman–Crippen MR) is 91.1 cm³/mol. The van der Waals surface area contributed by atoms with Crippen LogP contribution in [0.4, 0.5) is 0 Å². The number of rotatable bonds is 6. The average molecular weight is 324 g/mol. The number of aryl methyl sites for hydroxylation is 2. The Balaban J connectivity index is 2.31. The molecule has 3 nitrogen and oxygen atoms in total. The monoisotopic (exact) mass is 323 g/mol. The summed E-state index contributed by atoms with van der Waals surface area (Å²) in [5.41, 5.74) is 9.60. The van der Waals surface area contributed by atoms with E-state index in [-0.39, 0.29) is 6.04 Å². The molecule has 0 saturated carbocycles. The summed E-state index contributed by atoms with van der Waals surface area (Å²) in [4.78, 5) is 1.22. The van der Waals surface area contributed by atoms with Crippen molar-refractivity contribution in [3.63, 3.8) is 0 Å². The van der Waals surface area contributed by atoms with Gasteiger partial charge < -0.3 is 5.73 Å². The smallest absolute Gasteiger partial charge is 0.0850 e. The van der Waals surface area contributed by atoms with Gasteiger partial charge >= 0.3 is 0 Å². The van der Waals surface area contributed by atoms with E-state index in [1.54, 1.807) is 11.8 Å². The molecule has 2 rings (SSSR count). The number of nitrogens with zero attached hydrogens (tertiary/aromatic N) is 2. The van der Waals surface area contributed by atoms with Crippen molar-refractivity contribution >= 4 is 23.4 Å². The van der Waals surface area contributed by atoms with Gasteiger partial charge in [-0.25, -0.2) is 0 Å². The Labute approximate surface area is 135 Å². The van der Waals surface area contributed by atoms with E-state index in [1.807, 2.05) is 16.8 Å². The fourth-order valence-electron chi connectivity index (χ4n) is 2.50. The van der Waals surface area contributed by atoms with Gasteiger partial charge in [-0.3, -0.25) is 4.68 Å². The molecular weight excluding hydrogens is 302 g/mol. The zero-order valence-corrected chi connectivity index (χ0v) is 14.3. The first-order valence-electron chi connectivity index (χ1n) is 7.24. The molecule has 0 amide bonds. The maximum Gasteiger partial charge on any atom is 0.0850 e. The van der Waals surface area contributed by atoms with Gasteiger partial charge in [-0.2, -0.15) is 5.10 Å². The van der Waals surface area contributed by atoms with Crippen LogP contribution >= 0.6 is 23.4 Å². The van der Waals surface area contributed by atoms with Crippen molar-refractivity contribution in [3.05, 3.63) is 46.2 Å². The van der Waals surface area contributed by atoms with Gasteiger partial charge in [-0.15, -0.1) is 11.8 Å². The lowest BCUT2D eigenvalue weighted by atomic mass is 10.0. The minimum Gasteiger partial charge on any atom is -0.324 e. The average Bonchev–Trinajstić information content (AvgIpc) is 2.83. The summed E-state index contributed by atoms with van der Waals surface area (Å²) in [7, 11) is 0. The minimum atomic E-state index is -0.0714. The highest BCUT2D eigenvalue weighted by Crippen LogP contribution is 2.30. The highest BCUT2D eigenvalue weighted by Gasteiger charge is 2.19. The first kappa shape index (κ1) is 16.4. The predicted octanol–water partition coefficient (Wildman–Crippen LogP) is 4.08. The van der Waals surface area contributed by atoms with Crippen LogP contribution in [0.15, 0.2) is 29.2 Å². The number of aromatic nitrogens is 2. The lowest BCUT2D eigenvalue weighted by Crippen LogP contribution is -2.17. The second kappa shape index (κ2) is 7.34. The van der Waals surface area contributed by atoms with Crippen LogP contribution in [0, 0.1) is 0 Å². The minimum absolute atomic E-state index is 0.0714. The highest BCUT2D eigenvalue weighted by molar-refractivity contribution is 7.98. The van der Waals surface area contributed by atoms with E-state index in [0.717, 1.165) is 29.4 Å². The molecule has 2 N–H and O–H groups in total. The van der Waals surface area contributed by atoms with Gasteiger partial charge in [0.25, 0.3) is 0 Å². The van der Waals surface area contributed by atoms with Gasteiger partial charge in [-0.05, 0) is 31.2 Å². The molecule has 5 heteroatoms. The molecule has 2 aromatic rings. The lowest BCUT2D eigenvalue weighted by molar-refractivity contribution is 0.583. The molecule has 1 aromatic heterocycles. The zero-order valence-electron chi connectivity index (χ0n) is 12.8. The maximum atomic E-state index is 6.47. The van der Waals surface area contributed by atoms with Gasteiger partial charge in [0.05, 0.1) is 16.4 Å². The Bertz CT molecular complexity index is 610. The summed E-state index contributed by atoms with van der Waals surface area (Å²) in [6.45, 7) is 4.96. The van der Waals surface area contributed by atoms with E-state index in [2.05, 4.69) is 37.3 Å². The molecule has 1 atom stereocenters. The Hall–Kier alpha value is -0.970. The maximum absolute atomic E-state index is 6.47. The normalized spacial score (nSPS) is 12.6. The van der Waals surface area contributed by atoms with Crippen LogP contribution in [0.5, 0.6) is 0 Å². The van der Waals surface area contributed by atoms with Crippen molar-refractivity contribution in [2.24, 2.45) is 5.73 Å². The van der Waals surface area contributed by atoms with Crippen molar-refractivity contribution in [2.75, 3.05) is 6.26 Å². The molecule has 0 saturated heterocycles. The summed E-state index contributed by atoms with van der Waals surface area (Å²) in [5, 5.41) is 5.33. The van der Waals surface area contributed by atoms with Crippen molar-refractivity contribution in [1.29, 1.82) is 0 Å². The SMILES string of the molecule is CCc1nn(CC)c(CC(N)c2ccccc2SC)c1Cl. The molecular formula is C16H22ClN3S. The molecule has 0 spiro atoms. The molecule has 114 valence electrons. The molecule has 0 aliphatic carbocycles. The first-order valence-corrected chi connectivity index (χ1v) is 8.85. The second-order valence-corrected chi connectivity index (χ2v) is 6.16. The van der Waals surface area contributed by atoms with E-state index in [1.165, 1.54) is 10.5 Å². The van der Waals surface area contributed by atoms with Crippen LogP contribution in [0.3, 0.4) is 0 Å². The molecule has 0 radical (unpaired) electrons. The van der Waals surface area contributed by atoms with E-state index in [9.17, 15) is 0 Å². The Morgan fingerprint density at radius 1 is 1.33 bits per heavy atom. The zero-order chi connectivity index (χ0) is 15.4. The lowest BCUT2D eigenvalue weighted by Gasteiger charge is -2.16. The van der Waals surface area contributed by atoms with E-state index in [4.69, 9.17) is 17.3 Å². The summed E-state index contributed by atoms with van der Waals surface area (Å²) in [6, 6.07) is 8.21. The number of benzene rings is 1.